The quantitative estimate of drug-likeness (QED) is 0.475. The topological polar surface area (TPSA) is 57.5 Å². The zero-order valence-electron chi connectivity index (χ0n) is 16.0. The van der Waals surface area contributed by atoms with Crippen molar-refractivity contribution in [3.63, 3.8) is 0 Å². The number of carbonyl (C=O) groups excluding carboxylic acids is 1. The van der Waals surface area contributed by atoms with Crippen LogP contribution in [0, 0.1) is 12.3 Å². The highest BCUT2D eigenvalue weighted by Crippen LogP contribution is 2.37. The van der Waals surface area contributed by atoms with Crippen LogP contribution in [-0.2, 0) is 9.53 Å². The smallest absolute Gasteiger partial charge is 0.222 e. The normalized spacial score (nSPS) is 19.7. The molecule has 0 unspecified atom stereocenters. The molecule has 0 aromatic rings. The van der Waals surface area contributed by atoms with Crippen LogP contribution in [0.15, 0.2) is 10.2 Å². The molecule has 140 valence electrons. The van der Waals surface area contributed by atoms with Crippen LogP contribution in [0.4, 0.5) is 0 Å². The molecule has 6 nitrogen and oxygen atoms in total. The molecule has 2 aliphatic heterocycles. The van der Waals surface area contributed by atoms with Gasteiger partial charge in [-0.1, -0.05) is 0 Å². The Morgan fingerprint density at radius 2 is 1.88 bits per heavy atom. The summed E-state index contributed by atoms with van der Waals surface area (Å²) in [6, 6.07) is 0. The Bertz CT molecular complexity index is 504. The van der Waals surface area contributed by atoms with Gasteiger partial charge in [0.1, 0.15) is 0 Å². The SMILES string of the molecule is C#CCCC1(CCC(=O)N2CCN(CCCOC(C)(C)C)CC2)N=N1. The van der Waals surface area contributed by atoms with Crippen LogP contribution in [0.25, 0.3) is 0 Å². The number of ether oxygens (including phenoxy) is 1. The summed E-state index contributed by atoms with van der Waals surface area (Å²) in [5.41, 5.74) is -0.417. The van der Waals surface area contributed by atoms with Gasteiger partial charge in [-0.2, -0.15) is 10.2 Å². The van der Waals surface area contributed by atoms with Crippen LogP contribution in [0.2, 0.25) is 0 Å². The second-order valence-corrected chi connectivity index (χ2v) is 7.92. The van der Waals surface area contributed by atoms with E-state index in [0.29, 0.717) is 19.3 Å². The first-order chi connectivity index (χ1) is 11.8. The van der Waals surface area contributed by atoms with Crippen molar-refractivity contribution in [1.29, 1.82) is 0 Å². The van der Waals surface area contributed by atoms with E-state index in [1.54, 1.807) is 0 Å². The summed E-state index contributed by atoms with van der Waals surface area (Å²) < 4.78 is 5.76. The molecule has 0 aromatic carbocycles. The monoisotopic (exact) mass is 348 g/mol. The van der Waals surface area contributed by atoms with E-state index in [1.807, 2.05) is 4.90 Å². The Morgan fingerprint density at radius 3 is 2.44 bits per heavy atom. The van der Waals surface area contributed by atoms with Crippen LogP contribution in [0.3, 0.4) is 0 Å². The van der Waals surface area contributed by atoms with Gasteiger partial charge < -0.3 is 9.64 Å². The molecule has 1 fully saturated rings. The summed E-state index contributed by atoms with van der Waals surface area (Å²) in [6.07, 6.45) is 8.96. The van der Waals surface area contributed by atoms with Crippen molar-refractivity contribution < 1.29 is 9.53 Å². The zero-order chi connectivity index (χ0) is 18.3. The number of carbonyl (C=O) groups is 1. The van der Waals surface area contributed by atoms with Crippen LogP contribution in [0.1, 0.15) is 52.9 Å². The third kappa shape index (κ3) is 7.13. The minimum Gasteiger partial charge on any atom is -0.376 e. The van der Waals surface area contributed by atoms with Crippen LogP contribution in [0.5, 0.6) is 0 Å². The van der Waals surface area contributed by atoms with Gasteiger partial charge in [0.15, 0.2) is 5.66 Å². The molecule has 2 aliphatic rings. The Labute approximate surface area is 152 Å². The van der Waals surface area contributed by atoms with Crippen molar-refractivity contribution in [2.75, 3.05) is 39.3 Å². The first kappa shape index (κ1) is 19.9. The fourth-order valence-corrected chi connectivity index (χ4v) is 3.02. The van der Waals surface area contributed by atoms with Gasteiger partial charge in [0, 0.05) is 65.0 Å². The highest BCUT2D eigenvalue weighted by atomic mass is 16.5. The maximum atomic E-state index is 12.4. The summed E-state index contributed by atoms with van der Waals surface area (Å²) in [7, 11) is 0. The molecule has 0 atom stereocenters. The molecule has 0 N–H and O–H groups in total. The van der Waals surface area contributed by atoms with Gasteiger partial charge in [-0.3, -0.25) is 9.69 Å². The highest BCUT2D eigenvalue weighted by molar-refractivity contribution is 5.76. The lowest BCUT2D eigenvalue weighted by molar-refractivity contribution is -0.133. The first-order valence-electron chi connectivity index (χ1n) is 9.35. The Morgan fingerprint density at radius 1 is 1.20 bits per heavy atom. The van der Waals surface area contributed by atoms with Crippen molar-refractivity contribution in [3.8, 4) is 12.3 Å². The van der Waals surface area contributed by atoms with Crippen molar-refractivity contribution in [2.24, 2.45) is 10.2 Å². The van der Waals surface area contributed by atoms with Gasteiger partial charge in [0.25, 0.3) is 0 Å². The van der Waals surface area contributed by atoms with Crippen LogP contribution >= 0.6 is 0 Å². The molecule has 25 heavy (non-hydrogen) atoms. The number of hydrogen-bond donors (Lipinski definition) is 0. The molecule has 0 saturated carbocycles. The predicted molar refractivity (Wildman–Crippen MR) is 98.2 cm³/mol. The fourth-order valence-electron chi connectivity index (χ4n) is 3.02. The molecule has 1 amide bonds. The Kier molecular flexibility index (Phi) is 6.97. The van der Waals surface area contributed by atoms with Gasteiger partial charge in [-0.25, -0.2) is 0 Å². The summed E-state index contributed by atoms with van der Waals surface area (Å²) in [6.45, 7) is 11.6. The van der Waals surface area contributed by atoms with Gasteiger partial charge >= 0.3 is 0 Å². The van der Waals surface area contributed by atoms with E-state index in [-0.39, 0.29) is 17.2 Å². The third-order valence-electron chi connectivity index (χ3n) is 4.67. The fraction of sp³-hybridized carbons (Fsp3) is 0.842. The first-order valence-corrected chi connectivity index (χ1v) is 9.35. The van der Waals surface area contributed by atoms with Crippen molar-refractivity contribution in [2.45, 2.75) is 64.1 Å². The molecule has 1 saturated heterocycles. The second-order valence-electron chi connectivity index (χ2n) is 7.92. The minimum atomic E-state index is -0.350. The van der Waals surface area contributed by atoms with Crippen LogP contribution in [-0.4, -0.2) is 66.3 Å². The highest BCUT2D eigenvalue weighted by Gasteiger charge is 2.39. The molecule has 0 aliphatic carbocycles. The van der Waals surface area contributed by atoms with E-state index < -0.39 is 0 Å². The van der Waals surface area contributed by atoms with Gasteiger partial charge in [-0.15, -0.1) is 12.3 Å². The lowest BCUT2D eigenvalue weighted by atomic mass is 10.0. The van der Waals surface area contributed by atoms with Crippen molar-refractivity contribution in [1.82, 2.24) is 9.80 Å². The second kappa shape index (κ2) is 8.77. The Balaban J connectivity index is 1.58. The largest absolute Gasteiger partial charge is 0.376 e. The molecule has 6 heteroatoms. The average Bonchev–Trinajstić information content (AvgIpc) is 3.35. The summed E-state index contributed by atoms with van der Waals surface area (Å²) in [5, 5.41) is 8.20. The van der Waals surface area contributed by atoms with Crippen LogP contribution < -0.4 is 0 Å². The standard InChI is InChI=1S/C19H32N4O2/c1-5-6-9-19(20-21-19)10-8-17(24)23-14-12-22(13-15-23)11-7-16-25-18(2,3)4/h1H,6-16H2,2-4H3. The van der Waals surface area contributed by atoms with Gasteiger partial charge in [0.2, 0.25) is 5.91 Å². The van der Waals surface area contributed by atoms with E-state index >= 15 is 0 Å². The third-order valence-corrected chi connectivity index (χ3v) is 4.67. The van der Waals surface area contributed by atoms with Gasteiger partial charge in [-0.05, 0) is 27.2 Å². The molecule has 0 spiro atoms. The lowest BCUT2D eigenvalue weighted by Crippen LogP contribution is -2.49. The molecule has 0 aromatic heterocycles. The lowest BCUT2D eigenvalue weighted by Gasteiger charge is -2.35. The number of piperazine rings is 1. The van der Waals surface area contributed by atoms with Gasteiger partial charge in [0.05, 0.1) is 5.60 Å². The van der Waals surface area contributed by atoms with Crippen molar-refractivity contribution in [3.05, 3.63) is 0 Å². The van der Waals surface area contributed by atoms with Crippen molar-refractivity contribution >= 4 is 5.91 Å². The molecular formula is C19H32N4O2. The molecule has 2 heterocycles. The summed E-state index contributed by atoms with van der Waals surface area (Å²) in [4.78, 5) is 16.8. The predicted octanol–water partition coefficient (Wildman–Crippen LogP) is 2.69. The molecular weight excluding hydrogens is 316 g/mol. The molecule has 0 bridgehead atoms. The summed E-state index contributed by atoms with van der Waals surface area (Å²) >= 11 is 0. The number of rotatable bonds is 9. The maximum Gasteiger partial charge on any atom is 0.222 e. The number of amides is 1. The molecule has 2 rings (SSSR count). The Hall–Kier alpha value is -1.45. The van der Waals surface area contributed by atoms with E-state index in [1.165, 1.54) is 0 Å². The van der Waals surface area contributed by atoms with E-state index in [9.17, 15) is 4.79 Å². The number of nitrogens with zero attached hydrogens (tertiary/aromatic N) is 4. The minimum absolute atomic E-state index is 0.0666. The number of terminal acetylenes is 1. The zero-order valence-corrected chi connectivity index (χ0v) is 16.0. The van der Waals surface area contributed by atoms with E-state index in [0.717, 1.165) is 52.2 Å². The average molecular weight is 348 g/mol. The van der Waals surface area contributed by atoms with E-state index in [4.69, 9.17) is 11.2 Å². The molecule has 0 radical (unpaired) electrons. The summed E-state index contributed by atoms with van der Waals surface area (Å²) in [5.74, 6) is 2.83. The maximum absolute atomic E-state index is 12.4. The van der Waals surface area contributed by atoms with E-state index in [2.05, 4.69) is 41.8 Å². The number of hydrogen-bond acceptors (Lipinski definition) is 5.